The monoisotopic (exact) mass is 429 g/mol. The Balaban J connectivity index is 1.57. The smallest absolute Gasteiger partial charge is 0.206 e. The van der Waals surface area contributed by atoms with E-state index in [1.165, 1.54) is 0 Å². The van der Waals surface area contributed by atoms with Crippen molar-refractivity contribution in [2.24, 2.45) is 0 Å². The summed E-state index contributed by atoms with van der Waals surface area (Å²) in [7, 11) is 0. The second-order valence-corrected chi connectivity index (χ2v) is 7.45. The number of aromatic nitrogens is 2. The lowest BCUT2D eigenvalue weighted by Gasteiger charge is -2.20. The van der Waals surface area contributed by atoms with Crippen LogP contribution in [0, 0.1) is 0 Å². The van der Waals surface area contributed by atoms with E-state index in [0.29, 0.717) is 36.8 Å². The van der Waals surface area contributed by atoms with Gasteiger partial charge in [-0.05, 0) is 29.8 Å². The fraction of sp³-hybridized carbons (Fsp3) is 0.409. The van der Waals surface area contributed by atoms with Gasteiger partial charge in [0.1, 0.15) is 24.1 Å². The summed E-state index contributed by atoms with van der Waals surface area (Å²) in [6.07, 6.45) is -3.61. The van der Waals surface area contributed by atoms with E-state index in [1.807, 2.05) is 48.5 Å². The van der Waals surface area contributed by atoms with Crippen molar-refractivity contribution in [1.82, 2.24) is 9.55 Å². The zero-order valence-electron chi connectivity index (χ0n) is 17.0. The molecule has 9 nitrogen and oxygen atoms in total. The van der Waals surface area contributed by atoms with Gasteiger partial charge in [-0.2, -0.15) is 0 Å². The number of nitrogens with one attached hydrogen (secondary N) is 1. The molecule has 1 saturated heterocycles. The highest BCUT2D eigenvalue weighted by Gasteiger charge is 2.44. The third kappa shape index (κ3) is 4.51. The highest BCUT2D eigenvalue weighted by Crippen LogP contribution is 2.35. The van der Waals surface area contributed by atoms with Gasteiger partial charge in [0.15, 0.2) is 6.23 Å². The van der Waals surface area contributed by atoms with Gasteiger partial charge in [0, 0.05) is 19.6 Å². The minimum Gasteiger partial charge on any atom is -0.493 e. The van der Waals surface area contributed by atoms with Crippen LogP contribution in [0.5, 0.6) is 5.75 Å². The van der Waals surface area contributed by atoms with Crippen LogP contribution < -0.4 is 10.1 Å². The molecular weight excluding hydrogens is 402 g/mol. The molecule has 2 aromatic carbocycles. The van der Waals surface area contributed by atoms with Gasteiger partial charge in [0.05, 0.1) is 24.2 Å². The highest BCUT2D eigenvalue weighted by atomic mass is 16.6. The van der Waals surface area contributed by atoms with E-state index >= 15 is 0 Å². The van der Waals surface area contributed by atoms with E-state index in [2.05, 4.69) is 10.3 Å². The van der Waals surface area contributed by atoms with Crippen LogP contribution >= 0.6 is 0 Å². The van der Waals surface area contributed by atoms with E-state index in [-0.39, 0.29) is 6.61 Å². The number of hydrogen-bond donors (Lipinski definition) is 5. The number of para-hydroxylation sites is 2. The van der Waals surface area contributed by atoms with Gasteiger partial charge in [-0.25, -0.2) is 4.98 Å². The molecule has 1 aromatic heterocycles. The van der Waals surface area contributed by atoms with Crippen molar-refractivity contribution in [3.63, 3.8) is 0 Å². The lowest BCUT2D eigenvalue weighted by atomic mass is 10.1. The van der Waals surface area contributed by atoms with Gasteiger partial charge >= 0.3 is 0 Å². The number of anilines is 1. The Hall–Kier alpha value is -2.69. The Morgan fingerprint density at radius 1 is 1.06 bits per heavy atom. The molecular formula is C22H27N3O6. The number of ether oxygens (including phenoxy) is 2. The van der Waals surface area contributed by atoms with Crippen LogP contribution in [0.2, 0.25) is 0 Å². The molecule has 4 rings (SSSR count). The Morgan fingerprint density at radius 2 is 1.90 bits per heavy atom. The SMILES string of the molecule is OCCCOc1cccc(CNc2nc3ccccc3n2[C@@H]2O[C@H](CO)[C@@H](O)[C@H]2O)c1. The molecule has 0 aliphatic carbocycles. The first kappa shape index (κ1) is 21.5. The quantitative estimate of drug-likeness (QED) is 0.319. The molecule has 0 spiro atoms. The van der Waals surface area contributed by atoms with Gasteiger partial charge < -0.3 is 35.2 Å². The third-order valence-electron chi connectivity index (χ3n) is 5.29. The summed E-state index contributed by atoms with van der Waals surface area (Å²) in [5.41, 5.74) is 2.41. The lowest BCUT2D eigenvalue weighted by molar-refractivity contribution is -0.0499. The van der Waals surface area contributed by atoms with Crippen LogP contribution in [0.4, 0.5) is 5.95 Å². The molecule has 0 radical (unpaired) electrons. The molecule has 166 valence electrons. The molecule has 31 heavy (non-hydrogen) atoms. The van der Waals surface area contributed by atoms with Crippen LogP contribution in [0.25, 0.3) is 11.0 Å². The normalized spacial score (nSPS) is 23.4. The Morgan fingerprint density at radius 3 is 2.68 bits per heavy atom. The van der Waals surface area contributed by atoms with Gasteiger partial charge in [-0.15, -0.1) is 0 Å². The van der Waals surface area contributed by atoms with Crippen molar-refractivity contribution in [1.29, 1.82) is 0 Å². The van der Waals surface area contributed by atoms with Crippen molar-refractivity contribution >= 4 is 17.0 Å². The average molecular weight is 429 g/mol. The van der Waals surface area contributed by atoms with Crippen LogP contribution in [0.3, 0.4) is 0 Å². The number of rotatable bonds is 9. The molecule has 2 heterocycles. The second-order valence-electron chi connectivity index (χ2n) is 7.45. The van der Waals surface area contributed by atoms with Crippen LogP contribution in [0.1, 0.15) is 18.2 Å². The van der Waals surface area contributed by atoms with Crippen molar-refractivity contribution in [2.75, 3.05) is 25.1 Å². The van der Waals surface area contributed by atoms with E-state index in [9.17, 15) is 15.3 Å². The standard InChI is InChI=1S/C22H27N3O6/c26-9-4-10-30-15-6-3-5-14(11-15)12-23-22-24-16-7-1-2-8-17(16)25(22)21-20(29)19(28)18(13-27)31-21/h1-3,5-8,11,18-21,26-29H,4,9-10,12-13H2,(H,23,24)/t18-,19-,20-,21-/m1/s1. The van der Waals surface area contributed by atoms with E-state index in [0.717, 1.165) is 11.1 Å². The van der Waals surface area contributed by atoms with Crippen molar-refractivity contribution < 1.29 is 29.9 Å². The van der Waals surface area contributed by atoms with Crippen molar-refractivity contribution in [2.45, 2.75) is 37.5 Å². The summed E-state index contributed by atoms with van der Waals surface area (Å²) in [6, 6.07) is 15.0. The summed E-state index contributed by atoms with van der Waals surface area (Å²) in [6.45, 7) is 0.565. The minimum absolute atomic E-state index is 0.0817. The first-order valence-corrected chi connectivity index (χ1v) is 10.3. The van der Waals surface area contributed by atoms with E-state index in [1.54, 1.807) is 4.57 Å². The molecule has 3 aromatic rings. The van der Waals surface area contributed by atoms with Gasteiger partial charge in [0.2, 0.25) is 5.95 Å². The number of aliphatic hydroxyl groups excluding tert-OH is 4. The molecule has 9 heteroatoms. The number of benzene rings is 2. The molecule has 0 amide bonds. The predicted molar refractivity (Wildman–Crippen MR) is 114 cm³/mol. The van der Waals surface area contributed by atoms with Crippen LogP contribution in [-0.4, -0.2) is 68.1 Å². The molecule has 0 unspecified atom stereocenters. The minimum atomic E-state index is -1.21. The molecule has 0 bridgehead atoms. The topological polar surface area (TPSA) is 129 Å². The largest absolute Gasteiger partial charge is 0.493 e. The Bertz CT molecular complexity index is 1010. The Labute approximate surface area is 179 Å². The highest BCUT2D eigenvalue weighted by molar-refractivity contribution is 5.78. The fourth-order valence-corrected chi connectivity index (χ4v) is 3.70. The Kier molecular flexibility index (Phi) is 6.69. The number of nitrogens with zero attached hydrogens (tertiary/aromatic N) is 2. The van der Waals surface area contributed by atoms with Gasteiger partial charge in [0.25, 0.3) is 0 Å². The van der Waals surface area contributed by atoms with Crippen molar-refractivity contribution in [3.05, 3.63) is 54.1 Å². The summed E-state index contributed by atoms with van der Waals surface area (Å²) < 4.78 is 13.1. The average Bonchev–Trinajstić information content (AvgIpc) is 3.29. The number of imidazole rings is 1. The summed E-state index contributed by atoms with van der Waals surface area (Å²) in [5, 5.41) is 42.4. The summed E-state index contributed by atoms with van der Waals surface area (Å²) in [5.74, 6) is 1.19. The van der Waals surface area contributed by atoms with Crippen LogP contribution in [0.15, 0.2) is 48.5 Å². The molecule has 1 aliphatic rings. The van der Waals surface area contributed by atoms with Crippen LogP contribution in [-0.2, 0) is 11.3 Å². The van der Waals surface area contributed by atoms with Gasteiger partial charge in [-0.3, -0.25) is 4.57 Å². The predicted octanol–water partition coefficient (Wildman–Crippen LogP) is 1.02. The lowest BCUT2D eigenvalue weighted by Crippen LogP contribution is -2.33. The van der Waals surface area contributed by atoms with Crippen molar-refractivity contribution in [3.8, 4) is 5.75 Å². The maximum atomic E-state index is 10.5. The molecule has 1 aliphatic heterocycles. The molecule has 4 atom stereocenters. The first-order chi connectivity index (χ1) is 15.1. The third-order valence-corrected chi connectivity index (χ3v) is 5.29. The number of hydrogen-bond acceptors (Lipinski definition) is 8. The second kappa shape index (κ2) is 9.63. The molecule has 1 fully saturated rings. The zero-order chi connectivity index (χ0) is 21.8. The zero-order valence-corrected chi connectivity index (χ0v) is 17.0. The van der Waals surface area contributed by atoms with E-state index < -0.39 is 31.1 Å². The molecule has 0 saturated carbocycles. The first-order valence-electron chi connectivity index (χ1n) is 10.3. The number of aliphatic hydroxyl groups is 4. The summed E-state index contributed by atoms with van der Waals surface area (Å²) >= 11 is 0. The fourth-order valence-electron chi connectivity index (χ4n) is 3.70. The molecule has 5 N–H and O–H groups in total. The summed E-state index contributed by atoms with van der Waals surface area (Å²) in [4.78, 5) is 4.62. The number of fused-ring (bicyclic) bond motifs is 1. The van der Waals surface area contributed by atoms with Gasteiger partial charge in [-0.1, -0.05) is 24.3 Å². The maximum Gasteiger partial charge on any atom is 0.206 e. The maximum absolute atomic E-state index is 10.5. The van der Waals surface area contributed by atoms with E-state index in [4.69, 9.17) is 14.6 Å².